The molecule has 0 saturated carbocycles. The maximum absolute atomic E-state index is 12.5. The second-order valence-corrected chi connectivity index (χ2v) is 7.15. The summed E-state index contributed by atoms with van der Waals surface area (Å²) in [5.41, 5.74) is 1.50. The average molecular weight is 478 g/mol. The molecular weight excluding hydrogens is 455 g/mol. The fraction of sp³-hybridized carbons (Fsp3) is 0.238. The minimum absolute atomic E-state index is 0.208. The van der Waals surface area contributed by atoms with Crippen LogP contribution in [-0.4, -0.2) is 25.5 Å². The molecule has 2 rings (SSSR count). The molecule has 0 atom stereocenters. The standard InChI is InChI=1S/C21H23IN2O3/c1-3-4-13-23-21(26)19(14-15-5-11-18(27-2)12-6-15)24-20(25)16-7-9-17(22)10-8-16/h5-12,14H,3-4,13H2,1-2H3,(H,23,26)(H,24,25)/b19-14-. The molecule has 0 aliphatic heterocycles. The van der Waals surface area contributed by atoms with Gasteiger partial charge in [-0.3, -0.25) is 9.59 Å². The lowest BCUT2D eigenvalue weighted by atomic mass is 10.1. The van der Waals surface area contributed by atoms with Crippen LogP contribution in [0.1, 0.15) is 35.7 Å². The van der Waals surface area contributed by atoms with Crippen molar-refractivity contribution in [1.82, 2.24) is 10.6 Å². The maximum Gasteiger partial charge on any atom is 0.267 e. The van der Waals surface area contributed by atoms with E-state index in [4.69, 9.17) is 4.74 Å². The van der Waals surface area contributed by atoms with E-state index in [2.05, 4.69) is 40.1 Å². The normalized spacial score (nSPS) is 11.0. The van der Waals surface area contributed by atoms with Gasteiger partial charge in [-0.2, -0.15) is 0 Å². The summed E-state index contributed by atoms with van der Waals surface area (Å²) in [5, 5.41) is 5.58. The molecule has 0 radical (unpaired) electrons. The first kappa shape index (κ1) is 21.0. The number of rotatable bonds is 8. The van der Waals surface area contributed by atoms with Crippen molar-refractivity contribution in [2.45, 2.75) is 19.8 Å². The van der Waals surface area contributed by atoms with Crippen LogP contribution in [0.4, 0.5) is 0 Å². The number of hydrogen-bond acceptors (Lipinski definition) is 3. The Morgan fingerprint density at radius 2 is 1.74 bits per heavy atom. The van der Waals surface area contributed by atoms with Crippen molar-refractivity contribution >= 4 is 40.5 Å². The van der Waals surface area contributed by atoms with Crippen LogP contribution in [0.5, 0.6) is 5.75 Å². The van der Waals surface area contributed by atoms with E-state index in [1.165, 1.54) is 0 Å². The second-order valence-electron chi connectivity index (χ2n) is 5.90. The molecule has 142 valence electrons. The number of benzene rings is 2. The maximum atomic E-state index is 12.5. The molecule has 2 aromatic rings. The van der Waals surface area contributed by atoms with Crippen molar-refractivity contribution in [1.29, 1.82) is 0 Å². The number of carbonyl (C=O) groups is 2. The zero-order valence-electron chi connectivity index (χ0n) is 15.4. The van der Waals surface area contributed by atoms with Crippen LogP contribution >= 0.6 is 22.6 Å². The molecule has 0 bridgehead atoms. The van der Waals surface area contributed by atoms with Gasteiger partial charge in [0.1, 0.15) is 11.4 Å². The van der Waals surface area contributed by atoms with E-state index in [-0.39, 0.29) is 17.5 Å². The van der Waals surface area contributed by atoms with Crippen LogP contribution in [0.3, 0.4) is 0 Å². The minimum atomic E-state index is -0.322. The quantitative estimate of drug-likeness (QED) is 0.343. The molecule has 2 N–H and O–H groups in total. The molecule has 0 spiro atoms. The number of methoxy groups -OCH3 is 1. The largest absolute Gasteiger partial charge is 0.497 e. The Bertz CT molecular complexity index is 799. The number of ether oxygens (including phenoxy) is 1. The van der Waals surface area contributed by atoms with Crippen LogP contribution in [0, 0.1) is 3.57 Å². The first-order chi connectivity index (χ1) is 13.0. The summed E-state index contributed by atoms with van der Waals surface area (Å²) in [4.78, 5) is 25.1. The van der Waals surface area contributed by atoms with Gasteiger partial charge in [0.25, 0.3) is 11.8 Å². The van der Waals surface area contributed by atoms with Gasteiger partial charge >= 0.3 is 0 Å². The van der Waals surface area contributed by atoms with Crippen molar-refractivity contribution in [3.63, 3.8) is 0 Å². The van der Waals surface area contributed by atoms with Crippen molar-refractivity contribution in [3.05, 3.63) is 68.9 Å². The third-order valence-corrected chi connectivity index (χ3v) is 4.56. The smallest absolute Gasteiger partial charge is 0.267 e. The Balaban J connectivity index is 2.22. The van der Waals surface area contributed by atoms with Gasteiger partial charge in [-0.25, -0.2) is 0 Å². The lowest BCUT2D eigenvalue weighted by molar-refractivity contribution is -0.117. The van der Waals surface area contributed by atoms with E-state index in [1.54, 1.807) is 37.5 Å². The summed E-state index contributed by atoms with van der Waals surface area (Å²) in [6, 6.07) is 14.4. The summed E-state index contributed by atoms with van der Waals surface area (Å²) in [6.45, 7) is 2.62. The van der Waals surface area contributed by atoms with Gasteiger partial charge in [-0.05, 0) is 77.0 Å². The van der Waals surface area contributed by atoms with Crippen molar-refractivity contribution in [3.8, 4) is 5.75 Å². The number of halogens is 1. The molecule has 0 aliphatic carbocycles. The zero-order chi connectivity index (χ0) is 19.6. The van der Waals surface area contributed by atoms with E-state index in [0.717, 1.165) is 27.7 Å². The Hall–Kier alpha value is -2.35. The summed E-state index contributed by atoms with van der Waals surface area (Å²) in [6.07, 6.45) is 3.52. The van der Waals surface area contributed by atoms with Gasteiger partial charge in [0.05, 0.1) is 7.11 Å². The molecule has 6 heteroatoms. The molecule has 0 fully saturated rings. The van der Waals surface area contributed by atoms with Crippen molar-refractivity contribution in [2.75, 3.05) is 13.7 Å². The van der Waals surface area contributed by atoms with E-state index in [0.29, 0.717) is 12.1 Å². The van der Waals surface area contributed by atoms with E-state index in [9.17, 15) is 9.59 Å². The fourth-order valence-electron chi connectivity index (χ4n) is 2.29. The second kappa shape index (κ2) is 10.7. The Labute approximate surface area is 173 Å². The zero-order valence-corrected chi connectivity index (χ0v) is 17.6. The third kappa shape index (κ3) is 6.71. The number of amides is 2. The number of unbranched alkanes of at least 4 members (excludes halogenated alkanes) is 1. The summed E-state index contributed by atoms with van der Waals surface area (Å²) in [5.74, 6) is 0.0963. The van der Waals surface area contributed by atoms with Gasteiger partial charge in [0.2, 0.25) is 0 Å². The lowest BCUT2D eigenvalue weighted by Crippen LogP contribution is -2.35. The first-order valence-electron chi connectivity index (χ1n) is 8.74. The predicted molar refractivity (Wildman–Crippen MR) is 116 cm³/mol. The fourth-order valence-corrected chi connectivity index (χ4v) is 2.65. The Morgan fingerprint density at radius 1 is 1.07 bits per heavy atom. The Kier molecular flexibility index (Phi) is 8.32. The van der Waals surface area contributed by atoms with Gasteiger partial charge < -0.3 is 15.4 Å². The van der Waals surface area contributed by atoms with Gasteiger partial charge in [0, 0.05) is 15.7 Å². The molecule has 0 heterocycles. The molecule has 5 nitrogen and oxygen atoms in total. The average Bonchev–Trinajstić information content (AvgIpc) is 2.68. The monoisotopic (exact) mass is 478 g/mol. The Morgan fingerprint density at radius 3 is 2.33 bits per heavy atom. The molecule has 27 heavy (non-hydrogen) atoms. The van der Waals surface area contributed by atoms with Crippen molar-refractivity contribution < 1.29 is 14.3 Å². The summed E-state index contributed by atoms with van der Waals surface area (Å²) >= 11 is 2.18. The highest BCUT2D eigenvalue weighted by Crippen LogP contribution is 2.14. The molecule has 2 amide bonds. The SMILES string of the molecule is CCCCNC(=O)/C(=C/c1ccc(OC)cc1)NC(=O)c1ccc(I)cc1. The topological polar surface area (TPSA) is 67.4 Å². The van der Waals surface area contributed by atoms with Crippen molar-refractivity contribution in [2.24, 2.45) is 0 Å². The van der Waals surface area contributed by atoms with Crippen LogP contribution < -0.4 is 15.4 Å². The molecule has 0 aliphatic rings. The summed E-state index contributed by atoms with van der Waals surface area (Å²) in [7, 11) is 1.60. The van der Waals surface area contributed by atoms with E-state index >= 15 is 0 Å². The highest BCUT2D eigenvalue weighted by molar-refractivity contribution is 14.1. The van der Waals surface area contributed by atoms with Gasteiger partial charge in [0.15, 0.2) is 0 Å². The molecule has 0 unspecified atom stereocenters. The number of nitrogens with one attached hydrogen (secondary N) is 2. The summed E-state index contributed by atoms with van der Waals surface area (Å²) < 4.78 is 6.19. The lowest BCUT2D eigenvalue weighted by Gasteiger charge is -2.11. The van der Waals surface area contributed by atoms with E-state index in [1.807, 2.05) is 24.3 Å². The molecular formula is C21H23IN2O3. The van der Waals surface area contributed by atoms with Crippen LogP contribution in [0.25, 0.3) is 6.08 Å². The highest BCUT2D eigenvalue weighted by atomic mass is 127. The van der Waals surface area contributed by atoms with Crippen LogP contribution in [0.15, 0.2) is 54.2 Å². The number of carbonyl (C=O) groups excluding carboxylic acids is 2. The number of hydrogen-bond donors (Lipinski definition) is 2. The molecule has 2 aromatic carbocycles. The van der Waals surface area contributed by atoms with Crippen LogP contribution in [0.2, 0.25) is 0 Å². The third-order valence-electron chi connectivity index (χ3n) is 3.84. The molecule has 0 aromatic heterocycles. The van der Waals surface area contributed by atoms with Gasteiger partial charge in [-0.1, -0.05) is 25.5 Å². The van der Waals surface area contributed by atoms with Gasteiger partial charge in [-0.15, -0.1) is 0 Å². The highest BCUT2D eigenvalue weighted by Gasteiger charge is 2.14. The molecule has 0 saturated heterocycles. The predicted octanol–water partition coefficient (Wildman–Crippen LogP) is 3.99. The van der Waals surface area contributed by atoms with E-state index < -0.39 is 0 Å². The minimum Gasteiger partial charge on any atom is -0.497 e. The van der Waals surface area contributed by atoms with Crippen LogP contribution in [-0.2, 0) is 4.79 Å². The first-order valence-corrected chi connectivity index (χ1v) is 9.82.